The molecule has 1 aromatic rings. The molecule has 0 aliphatic heterocycles. The van der Waals surface area contributed by atoms with Gasteiger partial charge in [-0.2, -0.15) is 13.2 Å². The van der Waals surface area contributed by atoms with Gasteiger partial charge in [0.05, 0.1) is 5.56 Å². The standard InChI is InChI=1S/C11H12ClF3N2O/c1-16-3-2-10(18)17-9-5-7(11(13,14)15)4-8(12)6-9/h4-6,16H,2-3H2,1H3,(H,17,18). The molecular formula is C11H12ClF3N2O. The Balaban J connectivity index is 2.84. The second-order valence-electron chi connectivity index (χ2n) is 3.63. The summed E-state index contributed by atoms with van der Waals surface area (Å²) in [5.74, 6) is -0.375. The van der Waals surface area contributed by atoms with Gasteiger partial charge in [-0.05, 0) is 25.2 Å². The van der Waals surface area contributed by atoms with E-state index in [2.05, 4.69) is 10.6 Å². The molecule has 0 aliphatic rings. The molecule has 3 nitrogen and oxygen atoms in total. The van der Waals surface area contributed by atoms with Crippen LogP contribution in [0.15, 0.2) is 18.2 Å². The van der Waals surface area contributed by atoms with E-state index in [1.807, 2.05) is 0 Å². The third-order valence-corrected chi connectivity index (χ3v) is 2.33. The zero-order valence-corrected chi connectivity index (χ0v) is 10.3. The number of hydrogen-bond donors (Lipinski definition) is 2. The van der Waals surface area contributed by atoms with E-state index in [0.717, 1.165) is 12.1 Å². The molecule has 2 N–H and O–H groups in total. The van der Waals surface area contributed by atoms with Crippen molar-refractivity contribution in [2.75, 3.05) is 18.9 Å². The van der Waals surface area contributed by atoms with Gasteiger partial charge in [0, 0.05) is 23.7 Å². The lowest BCUT2D eigenvalue weighted by atomic mass is 10.2. The lowest BCUT2D eigenvalue weighted by molar-refractivity contribution is -0.137. The summed E-state index contributed by atoms with van der Waals surface area (Å²) in [5.41, 5.74) is -0.852. The molecule has 0 radical (unpaired) electrons. The molecule has 1 aromatic carbocycles. The maximum atomic E-state index is 12.5. The van der Waals surface area contributed by atoms with Crippen LogP contribution in [0.4, 0.5) is 18.9 Å². The van der Waals surface area contributed by atoms with Crippen LogP contribution in [-0.4, -0.2) is 19.5 Å². The van der Waals surface area contributed by atoms with Crippen LogP contribution in [0.3, 0.4) is 0 Å². The number of amides is 1. The first kappa shape index (κ1) is 14.8. The minimum absolute atomic E-state index is 0.0379. The highest BCUT2D eigenvalue weighted by molar-refractivity contribution is 6.31. The van der Waals surface area contributed by atoms with Crippen LogP contribution in [0, 0.1) is 0 Å². The Morgan fingerprint density at radius 1 is 1.33 bits per heavy atom. The zero-order valence-electron chi connectivity index (χ0n) is 9.57. The lowest BCUT2D eigenvalue weighted by Gasteiger charge is -2.11. The number of anilines is 1. The minimum Gasteiger partial charge on any atom is -0.326 e. The SMILES string of the molecule is CNCCC(=O)Nc1cc(Cl)cc(C(F)(F)F)c1. The molecule has 1 amide bonds. The predicted octanol–water partition coefficient (Wildman–Crippen LogP) is 2.91. The maximum absolute atomic E-state index is 12.5. The molecule has 0 spiro atoms. The molecule has 18 heavy (non-hydrogen) atoms. The van der Waals surface area contributed by atoms with Crippen LogP contribution in [0.5, 0.6) is 0 Å². The summed E-state index contributed by atoms with van der Waals surface area (Å²) in [7, 11) is 1.68. The monoisotopic (exact) mass is 280 g/mol. The van der Waals surface area contributed by atoms with E-state index in [1.54, 1.807) is 7.05 Å². The number of carbonyl (C=O) groups is 1. The number of halogens is 4. The lowest BCUT2D eigenvalue weighted by Crippen LogP contribution is -2.19. The number of benzene rings is 1. The largest absolute Gasteiger partial charge is 0.416 e. The fourth-order valence-electron chi connectivity index (χ4n) is 1.29. The summed E-state index contributed by atoms with van der Waals surface area (Å²) in [5, 5.41) is 5.06. The summed E-state index contributed by atoms with van der Waals surface area (Å²) in [6.45, 7) is 0.443. The van der Waals surface area contributed by atoms with Gasteiger partial charge in [0.15, 0.2) is 0 Å². The fraction of sp³-hybridized carbons (Fsp3) is 0.364. The summed E-state index contributed by atoms with van der Waals surface area (Å²) >= 11 is 5.58. The Labute approximate surface area is 107 Å². The molecule has 1 rings (SSSR count). The summed E-state index contributed by atoms with van der Waals surface area (Å²) in [4.78, 5) is 11.4. The van der Waals surface area contributed by atoms with E-state index < -0.39 is 11.7 Å². The first-order chi connectivity index (χ1) is 8.32. The highest BCUT2D eigenvalue weighted by Crippen LogP contribution is 2.33. The van der Waals surface area contributed by atoms with Crippen molar-refractivity contribution < 1.29 is 18.0 Å². The Kier molecular flexibility index (Phi) is 4.98. The first-order valence-corrected chi connectivity index (χ1v) is 5.53. The minimum atomic E-state index is -4.49. The van der Waals surface area contributed by atoms with Crippen molar-refractivity contribution in [1.82, 2.24) is 5.32 Å². The molecule has 100 valence electrons. The van der Waals surface area contributed by atoms with Crippen LogP contribution < -0.4 is 10.6 Å². The van der Waals surface area contributed by atoms with E-state index in [0.29, 0.717) is 6.54 Å². The molecule has 0 fully saturated rings. The number of hydrogen-bond acceptors (Lipinski definition) is 2. The van der Waals surface area contributed by atoms with Gasteiger partial charge < -0.3 is 10.6 Å². The average Bonchev–Trinajstić information content (AvgIpc) is 2.24. The van der Waals surface area contributed by atoms with Crippen molar-refractivity contribution in [3.8, 4) is 0 Å². The summed E-state index contributed by atoms with van der Waals surface area (Å²) in [6, 6.07) is 2.93. The Morgan fingerprint density at radius 3 is 2.56 bits per heavy atom. The molecule has 0 unspecified atom stereocenters. The van der Waals surface area contributed by atoms with E-state index in [-0.39, 0.29) is 23.0 Å². The fourth-order valence-corrected chi connectivity index (χ4v) is 1.52. The number of carbonyl (C=O) groups excluding carboxylic acids is 1. The van der Waals surface area contributed by atoms with Gasteiger partial charge in [0.25, 0.3) is 0 Å². The summed E-state index contributed by atoms with van der Waals surface area (Å²) < 4.78 is 37.5. The molecule has 7 heteroatoms. The van der Waals surface area contributed by atoms with Crippen molar-refractivity contribution in [1.29, 1.82) is 0 Å². The maximum Gasteiger partial charge on any atom is 0.416 e. The average molecular weight is 281 g/mol. The van der Waals surface area contributed by atoms with Crippen LogP contribution in [0.2, 0.25) is 5.02 Å². The first-order valence-electron chi connectivity index (χ1n) is 5.15. The van der Waals surface area contributed by atoms with Crippen molar-refractivity contribution >= 4 is 23.2 Å². The Hall–Kier alpha value is -1.27. The second-order valence-corrected chi connectivity index (χ2v) is 4.06. The zero-order chi connectivity index (χ0) is 13.8. The molecule has 0 saturated heterocycles. The van der Waals surface area contributed by atoms with Crippen LogP contribution >= 0.6 is 11.6 Å². The predicted molar refractivity (Wildman–Crippen MR) is 63.6 cm³/mol. The highest BCUT2D eigenvalue weighted by Gasteiger charge is 2.31. The van der Waals surface area contributed by atoms with Crippen LogP contribution in [-0.2, 0) is 11.0 Å². The highest BCUT2D eigenvalue weighted by atomic mass is 35.5. The smallest absolute Gasteiger partial charge is 0.326 e. The summed E-state index contributed by atoms with van der Waals surface area (Å²) in [6.07, 6.45) is -4.32. The molecule has 0 aliphatic carbocycles. The number of rotatable bonds is 4. The van der Waals surface area contributed by atoms with Gasteiger partial charge in [0.2, 0.25) is 5.91 Å². The number of alkyl halides is 3. The van der Waals surface area contributed by atoms with Crippen molar-refractivity contribution in [2.24, 2.45) is 0 Å². The van der Waals surface area contributed by atoms with Gasteiger partial charge in [-0.15, -0.1) is 0 Å². The third kappa shape index (κ3) is 4.54. The molecule has 0 atom stereocenters. The van der Waals surface area contributed by atoms with E-state index in [9.17, 15) is 18.0 Å². The Morgan fingerprint density at radius 2 is 2.00 bits per heavy atom. The molecular weight excluding hydrogens is 269 g/mol. The van der Waals surface area contributed by atoms with E-state index in [4.69, 9.17) is 11.6 Å². The van der Waals surface area contributed by atoms with Gasteiger partial charge in [-0.25, -0.2) is 0 Å². The molecule has 0 saturated carbocycles. The topological polar surface area (TPSA) is 41.1 Å². The van der Waals surface area contributed by atoms with Crippen molar-refractivity contribution in [2.45, 2.75) is 12.6 Å². The second kappa shape index (κ2) is 6.06. The number of nitrogens with one attached hydrogen (secondary N) is 2. The van der Waals surface area contributed by atoms with Crippen molar-refractivity contribution in [3.63, 3.8) is 0 Å². The molecule has 0 aromatic heterocycles. The van der Waals surface area contributed by atoms with E-state index in [1.165, 1.54) is 6.07 Å². The van der Waals surface area contributed by atoms with E-state index >= 15 is 0 Å². The van der Waals surface area contributed by atoms with Crippen molar-refractivity contribution in [3.05, 3.63) is 28.8 Å². The molecule has 0 bridgehead atoms. The van der Waals surface area contributed by atoms with Gasteiger partial charge >= 0.3 is 6.18 Å². The van der Waals surface area contributed by atoms with Gasteiger partial charge in [-0.1, -0.05) is 11.6 Å². The normalized spacial score (nSPS) is 11.4. The third-order valence-electron chi connectivity index (χ3n) is 2.11. The van der Waals surface area contributed by atoms with Gasteiger partial charge in [-0.3, -0.25) is 4.79 Å². The van der Waals surface area contributed by atoms with Crippen LogP contribution in [0.1, 0.15) is 12.0 Å². The van der Waals surface area contributed by atoms with Crippen LogP contribution in [0.25, 0.3) is 0 Å². The quantitative estimate of drug-likeness (QED) is 0.890. The molecule has 0 heterocycles. The van der Waals surface area contributed by atoms with Gasteiger partial charge in [0.1, 0.15) is 0 Å². The Bertz CT molecular complexity index is 435.